The third kappa shape index (κ3) is 6.15. The van der Waals surface area contributed by atoms with Gasteiger partial charge < -0.3 is 5.32 Å². The maximum absolute atomic E-state index is 3.47. The van der Waals surface area contributed by atoms with Crippen molar-refractivity contribution in [1.29, 1.82) is 0 Å². The van der Waals surface area contributed by atoms with Gasteiger partial charge in [0, 0.05) is 10.1 Å². The van der Waals surface area contributed by atoms with Crippen LogP contribution in [0.3, 0.4) is 0 Å². The predicted molar refractivity (Wildman–Crippen MR) is 74.9 cm³/mol. The average Bonchev–Trinajstić information content (AvgIpc) is 2.20. The highest BCUT2D eigenvalue weighted by atomic mass is 127. The van der Waals surface area contributed by atoms with Crippen LogP contribution in [0.5, 0.6) is 0 Å². The summed E-state index contributed by atoms with van der Waals surface area (Å²) in [6.07, 6.45) is 2.60. The van der Waals surface area contributed by atoms with Gasteiger partial charge in [-0.2, -0.15) is 0 Å². The lowest BCUT2D eigenvalue weighted by atomic mass is 10.1. The van der Waals surface area contributed by atoms with Crippen molar-refractivity contribution in [3.05, 3.63) is 33.4 Å². The van der Waals surface area contributed by atoms with Gasteiger partial charge in [-0.3, -0.25) is 0 Å². The molecule has 15 heavy (non-hydrogen) atoms. The third-order valence-corrected chi connectivity index (χ3v) is 3.10. The van der Waals surface area contributed by atoms with Gasteiger partial charge in [0.05, 0.1) is 0 Å². The van der Waals surface area contributed by atoms with Crippen LogP contribution < -0.4 is 5.32 Å². The van der Waals surface area contributed by atoms with Gasteiger partial charge in [0.15, 0.2) is 0 Å². The van der Waals surface area contributed by atoms with Crippen molar-refractivity contribution in [2.24, 2.45) is 5.92 Å². The Hall–Kier alpha value is -0.0900. The fourth-order valence-electron chi connectivity index (χ4n) is 1.47. The largest absolute Gasteiger partial charge is 0.313 e. The molecule has 1 aromatic rings. The maximum Gasteiger partial charge on any atom is 0.0205 e. The van der Waals surface area contributed by atoms with Gasteiger partial charge in [0.1, 0.15) is 0 Å². The summed E-state index contributed by atoms with van der Waals surface area (Å²) in [5, 5.41) is 3.47. The topological polar surface area (TPSA) is 12.0 Å². The summed E-state index contributed by atoms with van der Waals surface area (Å²) in [5.74, 6) is 0.824. The fraction of sp³-hybridized carbons (Fsp3) is 0.538. The van der Waals surface area contributed by atoms with Crippen LogP contribution in [-0.4, -0.2) is 6.54 Å². The average molecular weight is 317 g/mol. The summed E-state index contributed by atoms with van der Waals surface area (Å²) in [5.41, 5.74) is 1.37. The zero-order valence-corrected chi connectivity index (χ0v) is 11.8. The summed E-state index contributed by atoms with van der Waals surface area (Å²) in [4.78, 5) is 0. The number of nitrogens with one attached hydrogen (secondary N) is 1. The molecule has 0 heterocycles. The Balaban J connectivity index is 2.12. The highest BCUT2D eigenvalue weighted by Crippen LogP contribution is 2.06. The molecule has 0 saturated carbocycles. The number of rotatable bonds is 6. The molecule has 0 atom stereocenters. The molecule has 0 bridgehead atoms. The van der Waals surface area contributed by atoms with Gasteiger partial charge in [-0.1, -0.05) is 26.0 Å². The van der Waals surface area contributed by atoms with Crippen molar-refractivity contribution < 1.29 is 0 Å². The monoisotopic (exact) mass is 317 g/mol. The molecule has 1 rings (SSSR count). The highest BCUT2D eigenvalue weighted by Gasteiger charge is 1.95. The smallest absolute Gasteiger partial charge is 0.0205 e. The molecule has 2 heteroatoms. The van der Waals surface area contributed by atoms with Crippen LogP contribution >= 0.6 is 22.6 Å². The van der Waals surface area contributed by atoms with E-state index in [1.165, 1.54) is 22.0 Å². The number of hydrogen-bond donors (Lipinski definition) is 1. The first-order valence-corrected chi connectivity index (χ1v) is 6.71. The van der Waals surface area contributed by atoms with Crippen molar-refractivity contribution >= 4 is 22.6 Å². The number of benzene rings is 1. The van der Waals surface area contributed by atoms with Gasteiger partial charge in [-0.05, 0) is 65.6 Å². The first-order chi connectivity index (χ1) is 7.18. The normalized spacial score (nSPS) is 10.9. The molecule has 0 aliphatic rings. The molecule has 0 amide bonds. The Morgan fingerprint density at radius 3 is 2.47 bits per heavy atom. The van der Waals surface area contributed by atoms with Gasteiger partial charge in [0.2, 0.25) is 0 Å². The molecule has 1 N–H and O–H groups in total. The van der Waals surface area contributed by atoms with Crippen molar-refractivity contribution in [1.82, 2.24) is 5.32 Å². The van der Waals surface area contributed by atoms with E-state index in [1.54, 1.807) is 0 Å². The Bertz CT molecular complexity index is 266. The van der Waals surface area contributed by atoms with Crippen LogP contribution in [0.25, 0.3) is 0 Å². The summed E-state index contributed by atoms with van der Waals surface area (Å²) >= 11 is 2.33. The summed E-state index contributed by atoms with van der Waals surface area (Å²) in [6, 6.07) is 8.70. The first-order valence-electron chi connectivity index (χ1n) is 5.63. The number of hydrogen-bond acceptors (Lipinski definition) is 1. The molecule has 0 aliphatic carbocycles. The van der Waals surface area contributed by atoms with Crippen molar-refractivity contribution in [3.8, 4) is 0 Å². The van der Waals surface area contributed by atoms with Crippen molar-refractivity contribution in [2.45, 2.75) is 33.2 Å². The molecular formula is C13H20IN. The molecule has 0 radical (unpaired) electrons. The summed E-state index contributed by atoms with van der Waals surface area (Å²) in [7, 11) is 0. The zero-order valence-electron chi connectivity index (χ0n) is 9.59. The second-order valence-corrected chi connectivity index (χ2v) is 5.58. The minimum atomic E-state index is 0.824. The fourth-order valence-corrected chi connectivity index (χ4v) is 1.83. The van der Waals surface area contributed by atoms with Gasteiger partial charge in [-0.25, -0.2) is 0 Å². The van der Waals surface area contributed by atoms with Crippen molar-refractivity contribution in [3.63, 3.8) is 0 Å². The van der Waals surface area contributed by atoms with E-state index in [-0.39, 0.29) is 0 Å². The molecule has 1 nitrogen and oxygen atoms in total. The maximum atomic E-state index is 3.47. The predicted octanol–water partition coefficient (Wildman–Crippen LogP) is 3.82. The van der Waals surface area contributed by atoms with E-state index in [4.69, 9.17) is 0 Å². The van der Waals surface area contributed by atoms with E-state index in [0.717, 1.165) is 19.0 Å². The second-order valence-electron chi connectivity index (χ2n) is 4.34. The molecule has 0 spiro atoms. The Morgan fingerprint density at radius 2 is 1.87 bits per heavy atom. The van der Waals surface area contributed by atoms with Crippen LogP contribution in [-0.2, 0) is 6.54 Å². The third-order valence-electron chi connectivity index (χ3n) is 2.38. The van der Waals surface area contributed by atoms with Gasteiger partial charge in [-0.15, -0.1) is 0 Å². The number of halogens is 1. The molecule has 84 valence electrons. The van der Waals surface area contributed by atoms with Crippen LogP contribution in [0, 0.1) is 9.49 Å². The minimum absolute atomic E-state index is 0.824. The molecule has 0 saturated heterocycles. The minimum Gasteiger partial charge on any atom is -0.313 e. The van der Waals surface area contributed by atoms with Gasteiger partial charge >= 0.3 is 0 Å². The molecule has 0 unspecified atom stereocenters. The van der Waals surface area contributed by atoms with E-state index >= 15 is 0 Å². The lowest BCUT2D eigenvalue weighted by Crippen LogP contribution is -2.15. The highest BCUT2D eigenvalue weighted by molar-refractivity contribution is 14.1. The summed E-state index contributed by atoms with van der Waals surface area (Å²) in [6.45, 7) is 6.68. The molecule has 0 fully saturated rings. The van der Waals surface area contributed by atoms with E-state index in [0.29, 0.717) is 0 Å². The lowest BCUT2D eigenvalue weighted by Gasteiger charge is -2.06. The summed E-state index contributed by atoms with van der Waals surface area (Å²) < 4.78 is 1.30. The standard InChI is InChI=1S/C13H20IN/c1-11(2)4-3-9-15-10-12-5-7-13(14)8-6-12/h5-8,11,15H,3-4,9-10H2,1-2H3. The van der Waals surface area contributed by atoms with Crippen molar-refractivity contribution in [2.75, 3.05) is 6.54 Å². The van der Waals surface area contributed by atoms with Crippen LogP contribution in [0.4, 0.5) is 0 Å². The molecular weight excluding hydrogens is 297 g/mol. The Kier molecular flexibility index (Phi) is 6.25. The quantitative estimate of drug-likeness (QED) is 0.621. The molecule has 1 aromatic carbocycles. The van der Waals surface area contributed by atoms with E-state index in [1.807, 2.05) is 0 Å². The van der Waals surface area contributed by atoms with E-state index < -0.39 is 0 Å². The van der Waals surface area contributed by atoms with E-state index in [2.05, 4.69) is 66.0 Å². The lowest BCUT2D eigenvalue weighted by molar-refractivity contribution is 0.527. The molecule has 0 aromatic heterocycles. The first kappa shape index (κ1) is 13.0. The van der Waals surface area contributed by atoms with Gasteiger partial charge in [0.25, 0.3) is 0 Å². The Labute approximate surface area is 107 Å². The molecule has 0 aliphatic heterocycles. The van der Waals surface area contributed by atoms with Crippen LogP contribution in [0.2, 0.25) is 0 Å². The SMILES string of the molecule is CC(C)CCCNCc1ccc(I)cc1. The second kappa shape index (κ2) is 7.23. The van der Waals surface area contributed by atoms with Crippen LogP contribution in [0.15, 0.2) is 24.3 Å². The van der Waals surface area contributed by atoms with Crippen LogP contribution in [0.1, 0.15) is 32.3 Å². The Morgan fingerprint density at radius 1 is 1.20 bits per heavy atom. The van der Waals surface area contributed by atoms with E-state index in [9.17, 15) is 0 Å². The zero-order chi connectivity index (χ0) is 11.1.